The van der Waals surface area contributed by atoms with Crippen LogP contribution in [0, 0.1) is 29.3 Å². The molecule has 4 heterocycles. The molecular weight excluding hydrogens is 758 g/mol. The van der Waals surface area contributed by atoms with E-state index in [4.69, 9.17) is 0 Å². The van der Waals surface area contributed by atoms with Crippen LogP contribution in [-0.4, -0.2) is 45.5 Å². The predicted molar refractivity (Wildman–Crippen MR) is 203 cm³/mol. The third kappa shape index (κ3) is 6.12. The number of hydrogen-bond donors (Lipinski definition) is 0. The summed E-state index contributed by atoms with van der Waals surface area (Å²) in [5.41, 5.74) is 3.98. The van der Waals surface area contributed by atoms with Gasteiger partial charge in [-0.25, -0.2) is 13.8 Å². The third-order valence-corrected chi connectivity index (χ3v) is 10.4. The molecule has 1 atom stereocenters. The maximum absolute atomic E-state index is 17.0. The Labute approximate surface area is 350 Å². The first kappa shape index (κ1) is 38.1. The molecule has 3 aromatic heterocycles. The molecule has 54 heavy (non-hydrogen) atoms. The van der Waals surface area contributed by atoms with Gasteiger partial charge in [0.2, 0.25) is 16.9 Å². The molecule has 0 saturated heterocycles. The van der Waals surface area contributed by atoms with Crippen molar-refractivity contribution in [1.82, 2.24) is 0 Å². The molecule has 0 bridgehead atoms. The van der Waals surface area contributed by atoms with Crippen LogP contribution in [0.1, 0.15) is 63.8 Å². The van der Waals surface area contributed by atoms with Crippen molar-refractivity contribution < 1.29 is 31.7 Å². The molecule has 0 amide bonds. The number of fused-ring (bicyclic) bond motifs is 5. The van der Waals surface area contributed by atoms with Crippen LogP contribution in [-0.2, 0) is 16.5 Å². The fourth-order valence-electron chi connectivity index (χ4n) is 7.81. The molecule has 1 N–H and O–H groups in total. The first-order valence-electron chi connectivity index (χ1n) is 17.7. The van der Waals surface area contributed by atoms with Gasteiger partial charge in [-0.1, -0.05) is 71.9 Å². The van der Waals surface area contributed by atoms with Gasteiger partial charge in [-0.2, -0.15) is 4.57 Å². The van der Waals surface area contributed by atoms with Crippen molar-refractivity contribution in [3.63, 3.8) is 0 Å². The van der Waals surface area contributed by atoms with E-state index in [9.17, 15) is 4.39 Å². The van der Waals surface area contributed by atoms with Crippen LogP contribution in [0.2, 0.25) is 0 Å². The molecule has 8 heteroatoms. The molecule has 0 aliphatic carbocycles. The largest absolute Gasteiger partial charge is 2.00 e. The molecule has 1 unspecified atom stereocenters. The normalized spacial score (nSPS) is 15.1. The second kappa shape index (κ2) is 13.8. The van der Waals surface area contributed by atoms with E-state index in [2.05, 4.69) is 57.2 Å². The van der Waals surface area contributed by atoms with Gasteiger partial charge in [-0.3, -0.25) is 8.78 Å². The molecule has 1 aliphatic heterocycles. The van der Waals surface area contributed by atoms with Crippen LogP contribution in [0.4, 0.5) is 17.6 Å². The van der Waals surface area contributed by atoms with E-state index in [1.807, 2.05) is 95.7 Å². The second-order valence-electron chi connectivity index (χ2n) is 15.8. The van der Waals surface area contributed by atoms with Gasteiger partial charge in [0.05, 0.1) is 11.1 Å². The Balaban J connectivity index is 0.00000450. The first-order chi connectivity index (χ1) is 25.2. The second-order valence-corrected chi connectivity index (χ2v) is 15.8. The van der Waals surface area contributed by atoms with E-state index >= 15 is 13.2 Å². The fraction of sp³-hybridized carbons (Fsp3) is 0.196. The van der Waals surface area contributed by atoms with Gasteiger partial charge in [0.15, 0.2) is 12.4 Å². The smallest absolute Gasteiger partial charge is 0.265 e. The number of hydrogen-bond acceptors (Lipinski definition) is 0. The maximum Gasteiger partial charge on any atom is 2.00 e. The van der Waals surface area contributed by atoms with E-state index in [1.54, 1.807) is 6.20 Å². The van der Waals surface area contributed by atoms with Crippen LogP contribution in [0.25, 0.3) is 44.7 Å². The average molecular weight is 797 g/mol. The molecule has 0 saturated carbocycles. The van der Waals surface area contributed by atoms with Crippen LogP contribution in [0.5, 0.6) is 0 Å². The molecule has 8 rings (SSSR count). The quantitative estimate of drug-likeness (QED) is 0.0734. The van der Waals surface area contributed by atoms with Crippen molar-refractivity contribution in [1.29, 1.82) is 0 Å². The summed E-state index contributed by atoms with van der Waals surface area (Å²) in [6.07, 6.45) is 3.63. The minimum Gasteiger partial charge on any atom is -0.265 e. The Morgan fingerprint density at radius 3 is 2.07 bits per heavy atom. The van der Waals surface area contributed by atoms with Crippen LogP contribution in [0.3, 0.4) is 0 Å². The van der Waals surface area contributed by atoms with Crippen molar-refractivity contribution >= 4 is 56.4 Å². The summed E-state index contributed by atoms with van der Waals surface area (Å²) in [5, 5.41) is 0.890. The Kier molecular flexibility index (Phi) is 9.75. The molecule has 0 spiro atoms. The van der Waals surface area contributed by atoms with Gasteiger partial charge in [-0.15, -0.1) is 16.7 Å². The van der Waals surface area contributed by atoms with Crippen molar-refractivity contribution in [2.24, 2.45) is 0 Å². The van der Waals surface area contributed by atoms with Gasteiger partial charge in [0.25, 0.3) is 0 Å². The summed E-state index contributed by atoms with van der Waals surface area (Å²) in [6.45, 7) is 12.4. The number of nitrogens with one attached hydrogen (secondary N) is 1. The number of pyridine rings is 3. The molecule has 3 nitrogen and oxygen atoms in total. The number of rotatable bonds is 4. The van der Waals surface area contributed by atoms with Crippen molar-refractivity contribution in [2.75, 3.05) is 0 Å². The van der Waals surface area contributed by atoms with Gasteiger partial charge in [-0.05, 0) is 63.9 Å². The summed E-state index contributed by atoms with van der Waals surface area (Å²) in [6, 6.07) is 34.5. The fourth-order valence-corrected chi connectivity index (χ4v) is 7.81. The third-order valence-electron chi connectivity index (χ3n) is 10.4. The zero-order valence-electron chi connectivity index (χ0n) is 31.2. The van der Waals surface area contributed by atoms with E-state index in [0.29, 0.717) is 17.0 Å². The molecule has 0 fully saturated rings. The minimum absolute atomic E-state index is 0. The summed E-state index contributed by atoms with van der Waals surface area (Å²) >= 11 is 0. The molecule has 0 radical (unpaired) electrons. The van der Waals surface area contributed by atoms with Crippen molar-refractivity contribution in [3.05, 3.63) is 173 Å². The number of aromatic amines is 1. The van der Waals surface area contributed by atoms with Gasteiger partial charge >= 0.3 is 51.1 Å². The van der Waals surface area contributed by atoms with Crippen molar-refractivity contribution in [2.45, 2.75) is 58.0 Å². The van der Waals surface area contributed by atoms with Crippen LogP contribution in [0.15, 0.2) is 122 Å². The molecule has 7 aromatic rings. The Morgan fingerprint density at radius 1 is 0.648 bits per heavy atom. The Morgan fingerprint density at radius 2 is 1.33 bits per heavy atom. The summed E-state index contributed by atoms with van der Waals surface area (Å²) in [4.78, 5) is 3.28. The van der Waals surface area contributed by atoms with Gasteiger partial charge in [0, 0.05) is 53.4 Å². The van der Waals surface area contributed by atoms with Gasteiger partial charge in [0.1, 0.15) is 28.5 Å². The summed E-state index contributed by atoms with van der Waals surface area (Å²) in [5.74, 6) is -3.11. The predicted octanol–water partition coefficient (Wildman–Crippen LogP) is 9.41. The number of H-pyrrole nitrogens is 1. The number of para-hydroxylation sites is 1. The number of benzene rings is 4. The van der Waals surface area contributed by atoms with Crippen molar-refractivity contribution in [3.8, 4) is 33.8 Å². The zero-order chi connectivity index (χ0) is 37.4. The monoisotopic (exact) mass is 797 g/mol. The number of aromatic nitrogens is 3. The number of nitrogens with zero attached hydrogens (tertiary/aromatic N) is 2. The molecule has 4 aromatic carbocycles. The standard InChI is InChI=1S/C46H38F4N3.Sr/c1-44(2,3)29-19-21-51-39(23-29)43-36(25-32(48)27-38(43)50)46(35-13-9-8-12-33(35)41-18-15-28-11-7-10-14-40(28)53(41)46)52-22-20-30(45(4,5)6)24-42(52)34-17-16-31(47)26-37(34)49;/h7-16,18-27H,1-6H3;/q+1;+2/p+1. The van der Waals surface area contributed by atoms with Crippen LogP contribution < -0.4 is 14.1 Å². The topological polar surface area (TPSA) is 21.9 Å². The zero-order valence-corrected chi connectivity index (χ0v) is 34.6. The number of halogens is 4. The molecule has 264 valence electrons. The van der Waals surface area contributed by atoms with E-state index in [1.165, 1.54) is 6.07 Å². The van der Waals surface area contributed by atoms with E-state index in [0.717, 1.165) is 51.5 Å². The molecular formula is C46H39F4N3Sr+4. The van der Waals surface area contributed by atoms with E-state index in [-0.39, 0.29) is 73.0 Å². The first-order valence-corrected chi connectivity index (χ1v) is 17.7. The Hall–Kier alpha value is -4.21. The summed E-state index contributed by atoms with van der Waals surface area (Å²) in [7, 11) is 0. The van der Waals surface area contributed by atoms with E-state index < -0.39 is 28.9 Å². The molecule has 1 aliphatic rings. The maximum atomic E-state index is 17.0. The van der Waals surface area contributed by atoms with Crippen LogP contribution >= 0.6 is 0 Å². The minimum atomic E-state index is -1.57. The summed E-state index contributed by atoms with van der Waals surface area (Å²) < 4.78 is 67.9. The van der Waals surface area contributed by atoms with Gasteiger partial charge < -0.3 is 0 Å². The average Bonchev–Trinajstić information content (AvgIpc) is 3.42. The Bertz CT molecular complexity index is 2610. The SMILES string of the molecule is CC(C)(C)c1cc[nH+]c(-c2c(F)cc(F)cc2C2([n+]3ccc(C(C)(C)C)cc3-c3[c-]cc(F)cc3F)c3ccccc3-c3ccc4ccccc4[n+]32)c1.[Sr+2].